The summed E-state index contributed by atoms with van der Waals surface area (Å²) in [5, 5.41) is 5.69. The zero-order chi connectivity index (χ0) is 40.6. The minimum Gasteiger partial charge on any atom is -0.373 e. The van der Waals surface area contributed by atoms with Gasteiger partial charge in [0, 0.05) is 69.7 Å². The van der Waals surface area contributed by atoms with Crippen LogP contribution in [0.25, 0.3) is 61.0 Å². The van der Waals surface area contributed by atoms with E-state index in [0.717, 1.165) is 51.0 Å². The number of hydrogen-bond donors (Lipinski definition) is 1. The van der Waals surface area contributed by atoms with Crippen molar-refractivity contribution in [3.05, 3.63) is 212 Å². The molecule has 0 saturated carbocycles. The Bertz CT molecular complexity index is 2840. The number of fused-ring (bicyclic) bond motifs is 3. The Balaban J connectivity index is 0.00000238. The van der Waals surface area contributed by atoms with E-state index in [-0.39, 0.29) is 0 Å². The third-order valence-corrected chi connectivity index (χ3v) is 10.4. The van der Waals surface area contributed by atoms with Crippen molar-refractivity contribution < 1.29 is 0 Å². The summed E-state index contributed by atoms with van der Waals surface area (Å²) in [7, 11) is 1.90. The van der Waals surface area contributed by atoms with Crippen LogP contribution in [-0.4, -0.2) is 22.4 Å². The maximum Gasteiger partial charge on any atom is 0.132 e. The zero-order valence-corrected chi connectivity index (χ0v) is 33.9. The van der Waals surface area contributed by atoms with Crippen LogP contribution in [0.15, 0.2) is 212 Å². The van der Waals surface area contributed by atoms with E-state index in [9.17, 15) is 0 Å². The van der Waals surface area contributed by atoms with Crippen molar-refractivity contribution in [1.82, 2.24) is 14.9 Å². The van der Waals surface area contributed by atoms with Gasteiger partial charge in [0.05, 0.1) is 16.7 Å². The van der Waals surface area contributed by atoms with Gasteiger partial charge >= 0.3 is 0 Å². The fourth-order valence-electron chi connectivity index (χ4n) is 7.71. The van der Waals surface area contributed by atoms with E-state index < -0.39 is 0 Å². The fourth-order valence-corrected chi connectivity index (χ4v) is 7.71. The predicted octanol–water partition coefficient (Wildman–Crippen LogP) is 14.2. The number of allylic oxidation sites excluding steroid dienone is 1. The van der Waals surface area contributed by atoms with Crippen LogP contribution in [0, 0.1) is 0 Å². The first-order valence-electron chi connectivity index (χ1n) is 20.3. The number of hydrogen-bond acceptors (Lipinski definition) is 3. The van der Waals surface area contributed by atoms with E-state index >= 15 is 0 Å². The molecule has 0 aliphatic rings. The highest BCUT2D eigenvalue weighted by molar-refractivity contribution is 6.15. The second-order valence-corrected chi connectivity index (χ2v) is 13.9. The van der Waals surface area contributed by atoms with Crippen LogP contribution in [0.5, 0.6) is 0 Å². The van der Waals surface area contributed by atoms with E-state index in [1.807, 2.05) is 58.3 Å². The minimum absolute atomic E-state index is 0.812. The van der Waals surface area contributed by atoms with Gasteiger partial charge in [-0.3, -0.25) is 4.98 Å². The Morgan fingerprint density at radius 2 is 1.17 bits per heavy atom. The van der Waals surface area contributed by atoms with Crippen molar-refractivity contribution >= 4 is 44.7 Å². The first kappa shape index (κ1) is 38.4. The second kappa shape index (κ2) is 17.7. The largest absolute Gasteiger partial charge is 0.373 e. The molecule has 9 rings (SSSR count). The molecule has 0 aliphatic carbocycles. The lowest BCUT2D eigenvalue weighted by Crippen LogP contribution is -2.19. The Morgan fingerprint density at radius 3 is 1.80 bits per heavy atom. The van der Waals surface area contributed by atoms with E-state index in [4.69, 9.17) is 0 Å². The quantitative estimate of drug-likeness (QED) is 0.118. The number of nitrogens with zero attached hydrogens (tertiary/aromatic N) is 4. The maximum atomic E-state index is 4.59. The van der Waals surface area contributed by atoms with Gasteiger partial charge in [-0.2, -0.15) is 0 Å². The molecule has 1 N–H and O–H groups in total. The fraction of sp³-hybridized carbons (Fsp3) is 0.0741. The molecule has 288 valence electrons. The molecule has 0 spiro atoms. The van der Waals surface area contributed by atoms with Crippen molar-refractivity contribution in [1.29, 1.82) is 0 Å². The number of aliphatic imine (C=N–C) groups is 1. The van der Waals surface area contributed by atoms with Gasteiger partial charge in [0.15, 0.2) is 0 Å². The van der Waals surface area contributed by atoms with Crippen LogP contribution in [0.2, 0.25) is 0 Å². The van der Waals surface area contributed by atoms with Gasteiger partial charge in [0.25, 0.3) is 0 Å². The van der Waals surface area contributed by atoms with Crippen LogP contribution in [-0.2, 0) is 0 Å². The molecule has 0 radical (unpaired) electrons. The average molecular weight is 766 g/mol. The number of nitrogens with one attached hydrogen (secondary N) is 1. The van der Waals surface area contributed by atoms with Crippen molar-refractivity contribution in [3.8, 4) is 39.2 Å². The molecule has 0 saturated heterocycles. The van der Waals surface area contributed by atoms with Crippen molar-refractivity contribution in [2.45, 2.75) is 20.8 Å². The van der Waals surface area contributed by atoms with E-state index in [1.165, 1.54) is 38.5 Å². The molecule has 0 aliphatic heterocycles. The van der Waals surface area contributed by atoms with E-state index in [2.05, 4.69) is 195 Å². The number of anilines is 3. The monoisotopic (exact) mass is 765 g/mol. The van der Waals surface area contributed by atoms with Crippen molar-refractivity contribution in [2.24, 2.45) is 4.99 Å². The van der Waals surface area contributed by atoms with E-state index in [0.29, 0.717) is 0 Å². The van der Waals surface area contributed by atoms with Gasteiger partial charge in [-0.05, 0) is 115 Å². The van der Waals surface area contributed by atoms with Gasteiger partial charge < -0.3 is 14.8 Å². The molecule has 7 aromatic carbocycles. The normalized spacial score (nSPS) is 11.4. The maximum absolute atomic E-state index is 4.59. The molecule has 5 heteroatoms. The van der Waals surface area contributed by atoms with Gasteiger partial charge in [0.1, 0.15) is 5.84 Å². The Labute approximate surface area is 347 Å². The summed E-state index contributed by atoms with van der Waals surface area (Å²) >= 11 is 0. The highest BCUT2D eigenvalue weighted by Crippen LogP contribution is 2.43. The molecule has 0 bridgehead atoms. The number of amidine groups is 1. The number of para-hydroxylation sites is 2. The molecule has 2 heterocycles. The molecule has 0 fully saturated rings. The summed E-state index contributed by atoms with van der Waals surface area (Å²) in [6, 6.07) is 67.0. The topological polar surface area (TPSA) is 45.5 Å². The van der Waals surface area contributed by atoms with Gasteiger partial charge in [0.2, 0.25) is 0 Å². The SMILES string of the molecule is C/C=C\N=C(NC)c1ccc(N(c2ccc(-c3ccccn3)cc2)c2ccc(-c3cc(-c4ccccc4)cc4c5ccccc5n(-c5ccccc5)c34)cc2)cc1.CC. The molecule has 0 atom stereocenters. The van der Waals surface area contributed by atoms with Crippen molar-refractivity contribution in [3.63, 3.8) is 0 Å². The van der Waals surface area contributed by atoms with Crippen LogP contribution in [0.1, 0.15) is 26.3 Å². The molecule has 9 aromatic rings. The lowest BCUT2D eigenvalue weighted by molar-refractivity contribution is 1.16. The summed E-state index contributed by atoms with van der Waals surface area (Å²) in [5.74, 6) is 0.812. The first-order chi connectivity index (χ1) is 29.2. The second-order valence-electron chi connectivity index (χ2n) is 13.9. The zero-order valence-electron chi connectivity index (χ0n) is 33.9. The molecule has 0 amide bonds. The average Bonchev–Trinajstić information content (AvgIpc) is 3.66. The summed E-state index contributed by atoms with van der Waals surface area (Å²) in [6.07, 6.45) is 5.57. The number of aromatic nitrogens is 2. The molecule has 59 heavy (non-hydrogen) atoms. The summed E-state index contributed by atoms with van der Waals surface area (Å²) in [6.45, 7) is 5.97. The van der Waals surface area contributed by atoms with Gasteiger partial charge in [-0.15, -0.1) is 0 Å². The van der Waals surface area contributed by atoms with Gasteiger partial charge in [-0.1, -0.05) is 117 Å². The van der Waals surface area contributed by atoms with E-state index in [1.54, 1.807) is 6.20 Å². The number of pyridine rings is 1. The minimum atomic E-state index is 0.812. The summed E-state index contributed by atoms with van der Waals surface area (Å²) in [4.78, 5) is 11.5. The molecule has 2 aromatic heterocycles. The smallest absolute Gasteiger partial charge is 0.132 e. The molecular weight excluding hydrogens is 719 g/mol. The standard InChI is InChI=1S/C52H41N5.C2H6/c1-3-33-55-52(53-2)40-25-31-45(32-26-40)56(44-29-23-39(24-30-44)49-19-12-13-34-54-49)43-27-21-38(22-28-43)47-35-41(37-14-6-4-7-15-37)36-48-46-18-10-11-20-50(46)57(51(47)48)42-16-8-5-9-17-42;1-2/h3-36H,1-2H3,(H,53,55);1-2H3/b33-3-;. The highest BCUT2D eigenvalue weighted by atomic mass is 15.1. The third-order valence-electron chi connectivity index (χ3n) is 10.4. The lowest BCUT2D eigenvalue weighted by atomic mass is 9.95. The summed E-state index contributed by atoms with van der Waals surface area (Å²) < 4.78 is 2.42. The Morgan fingerprint density at radius 1 is 0.576 bits per heavy atom. The molecule has 5 nitrogen and oxygen atoms in total. The van der Waals surface area contributed by atoms with Crippen LogP contribution in [0.4, 0.5) is 17.1 Å². The third kappa shape index (κ3) is 7.79. The van der Waals surface area contributed by atoms with Crippen LogP contribution >= 0.6 is 0 Å². The van der Waals surface area contributed by atoms with Crippen molar-refractivity contribution in [2.75, 3.05) is 11.9 Å². The van der Waals surface area contributed by atoms with Gasteiger partial charge in [-0.25, -0.2) is 4.99 Å². The number of benzene rings is 7. The van der Waals surface area contributed by atoms with Crippen LogP contribution < -0.4 is 10.2 Å². The molecular formula is C54H47N5. The Kier molecular flexibility index (Phi) is 11.5. The van der Waals surface area contributed by atoms with Crippen LogP contribution in [0.3, 0.4) is 0 Å². The summed E-state index contributed by atoms with van der Waals surface area (Å²) in [5.41, 5.74) is 14.4. The number of rotatable bonds is 9. The highest BCUT2D eigenvalue weighted by Gasteiger charge is 2.20. The lowest BCUT2D eigenvalue weighted by Gasteiger charge is -2.26. The Hall–Kier alpha value is -7.50. The molecule has 0 unspecified atom stereocenters. The predicted molar refractivity (Wildman–Crippen MR) is 251 cm³/mol. The first-order valence-corrected chi connectivity index (χ1v) is 20.3.